The number of rotatable bonds is 5. The third-order valence-corrected chi connectivity index (χ3v) is 3.63. The number of carbonyl (C=O) groups excluding carboxylic acids is 2. The Morgan fingerprint density at radius 1 is 1.33 bits per heavy atom. The maximum atomic E-state index is 11.8. The van der Waals surface area contributed by atoms with Crippen molar-refractivity contribution in [1.29, 1.82) is 0 Å². The largest absolute Gasteiger partial charge is 0.465 e. The van der Waals surface area contributed by atoms with Crippen molar-refractivity contribution in [2.24, 2.45) is 5.92 Å². The average molecular weight is 312 g/mol. The number of benzene rings is 1. The van der Waals surface area contributed by atoms with E-state index in [0.717, 1.165) is 19.5 Å². The van der Waals surface area contributed by atoms with Gasteiger partial charge < -0.3 is 9.64 Å². The van der Waals surface area contributed by atoms with Crippen LogP contribution in [0.2, 0.25) is 0 Å². The van der Waals surface area contributed by atoms with E-state index in [-0.39, 0.29) is 24.2 Å². The minimum absolute atomic E-state index is 0. The number of esters is 1. The molecule has 5 heteroatoms. The number of hydrogen-bond donors (Lipinski definition) is 0. The van der Waals surface area contributed by atoms with Gasteiger partial charge in [0.15, 0.2) is 0 Å². The lowest BCUT2D eigenvalue weighted by Crippen LogP contribution is -2.45. The zero-order valence-corrected chi connectivity index (χ0v) is 13.1. The molecule has 0 spiro atoms. The molecule has 0 N–H and O–H groups in total. The number of Topliss-reactive ketones (excluding diaryl/α,β-unsaturated/α-hetero) is 1. The number of ether oxygens (including phenoxy) is 1. The topological polar surface area (TPSA) is 46.6 Å². The number of piperidine rings is 1. The Bertz CT molecular complexity index is 464. The van der Waals surface area contributed by atoms with Gasteiger partial charge in [0.2, 0.25) is 0 Å². The van der Waals surface area contributed by atoms with Crippen molar-refractivity contribution in [1.82, 2.24) is 4.90 Å². The second kappa shape index (κ2) is 8.80. The quantitative estimate of drug-likeness (QED) is 0.617. The van der Waals surface area contributed by atoms with Gasteiger partial charge in [-0.2, -0.15) is 0 Å². The predicted octanol–water partition coefficient (Wildman–Crippen LogP) is 2.10. The zero-order chi connectivity index (χ0) is 14.4. The van der Waals surface area contributed by atoms with Crippen molar-refractivity contribution >= 4 is 24.2 Å². The van der Waals surface area contributed by atoms with Crippen molar-refractivity contribution in [3.05, 3.63) is 35.9 Å². The fourth-order valence-electron chi connectivity index (χ4n) is 2.48. The Morgan fingerprint density at radius 2 is 2.05 bits per heavy atom. The first kappa shape index (κ1) is 17.7. The molecule has 1 unspecified atom stereocenters. The van der Waals surface area contributed by atoms with E-state index in [2.05, 4.69) is 17.0 Å². The monoisotopic (exact) mass is 311 g/mol. The van der Waals surface area contributed by atoms with E-state index < -0.39 is 5.92 Å². The number of ketones is 1. The van der Waals surface area contributed by atoms with Crippen LogP contribution in [0.5, 0.6) is 0 Å². The van der Waals surface area contributed by atoms with Crippen LogP contribution in [0.1, 0.15) is 18.9 Å². The number of carbonyl (C=O) groups is 2. The van der Waals surface area contributed by atoms with Gasteiger partial charge in [-0.3, -0.25) is 9.59 Å². The molecule has 1 atom stereocenters. The molecule has 1 fully saturated rings. The van der Waals surface area contributed by atoms with Crippen LogP contribution in [0.15, 0.2) is 30.3 Å². The summed E-state index contributed by atoms with van der Waals surface area (Å²) in [6.45, 7) is 4.18. The highest BCUT2D eigenvalue weighted by Crippen LogP contribution is 2.15. The molecule has 21 heavy (non-hydrogen) atoms. The van der Waals surface area contributed by atoms with Crippen molar-refractivity contribution in [2.45, 2.75) is 19.8 Å². The Hall–Kier alpha value is -1.39. The minimum atomic E-state index is -0.598. The van der Waals surface area contributed by atoms with Gasteiger partial charge in [-0.15, -0.1) is 12.4 Å². The summed E-state index contributed by atoms with van der Waals surface area (Å²) in [6.07, 6.45) is 1.38. The molecule has 1 saturated heterocycles. The molecule has 0 saturated carbocycles. The van der Waals surface area contributed by atoms with E-state index in [9.17, 15) is 9.59 Å². The van der Waals surface area contributed by atoms with Gasteiger partial charge in [-0.1, -0.05) is 30.3 Å². The Labute approximate surface area is 131 Å². The molecule has 0 bridgehead atoms. The highest BCUT2D eigenvalue weighted by molar-refractivity contribution is 5.99. The van der Waals surface area contributed by atoms with Crippen LogP contribution in [-0.4, -0.2) is 42.9 Å². The normalized spacial score (nSPS) is 18.9. The maximum absolute atomic E-state index is 11.8. The third kappa shape index (κ3) is 5.14. The summed E-state index contributed by atoms with van der Waals surface area (Å²) in [4.78, 5) is 25.7. The van der Waals surface area contributed by atoms with Crippen molar-refractivity contribution in [2.75, 3.05) is 26.2 Å². The standard InChI is InChI=1S/C16H21NO3.ClH/c1-2-20-16(19)14-12-17(11-9-15(14)18)10-8-13-6-4-3-5-7-13;/h3-7,14H,2,8-12H2,1H3;1H. The summed E-state index contributed by atoms with van der Waals surface area (Å²) >= 11 is 0. The fourth-order valence-corrected chi connectivity index (χ4v) is 2.48. The molecule has 4 nitrogen and oxygen atoms in total. The molecule has 1 heterocycles. The SMILES string of the molecule is CCOC(=O)C1CN(CCc2ccccc2)CCC1=O.Cl. The predicted molar refractivity (Wildman–Crippen MR) is 83.6 cm³/mol. The molecule has 0 aliphatic carbocycles. The van der Waals surface area contributed by atoms with Crippen LogP contribution >= 0.6 is 12.4 Å². The van der Waals surface area contributed by atoms with Crippen LogP contribution in [0.3, 0.4) is 0 Å². The first-order valence-corrected chi connectivity index (χ1v) is 7.16. The smallest absolute Gasteiger partial charge is 0.317 e. The lowest BCUT2D eigenvalue weighted by Gasteiger charge is -2.30. The molecular formula is C16H22ClNO3. The number of halogens is 1. The molecule has 2 rings (SSSR count). The number of hydrogen-bond acceptors (Lipinski definition) is 4. The Kier molecular flexibility index (Phi) is 7.40. The minimum Gasteiger partial charge on any atom is -0.465 e. The lowest BCUT2D eigenvalue weighted by atomic mass is 9.96. The van der Waals surface area contributed by atoms with Gasteiger partial charge in [-0.05, 0) is 18.9 Å². The molecule has 1 aliphatic heterocycles. The van der Waals surface area contributed by atoms with Crippen molar-refractivity contribution in [3.8, 4) is 0 Å². The molecular weight excluding hydrogens is 290 g/mol. The summed E-state index contributed by atoms with van der Waals surface area (Å²) < 4.78 is 4.98. The van der Waals surface area contributed by atoms with Crippen molar-refractivity contribution < 1.29 is 14.3 Å². The van der Waals surface area contributed by atoms with Gasteiger partial charge >= 0.3 is 5.97 Å². The highest BCUT2D eigenvalue weighted by Gasteiger charge is 2.33. The summed E-state index contributed by atoms with van der Waals surface area (Å²) in [5, 5.41) is 0. The summed E-state index contributed by atoms with van der Waals surface area (Å²) in [6, 6.07) is 10.2. The summed E-state index contributed by atoms with van der Waals surface area (Å²) in [5.74, 6) is -0.958. The molecule has 116 valence electrons. The Morgan fingerprint density at radius 3 is 2.71 bits per heavy atom. The molecule has 1 aliphatic rings. The van der Waals surface area contributed by atoms with Gasteiger partial charge in [0.05, 0.1) is 6.61 Å². The van der Waals surface area contributed by atoms with E-state index >= 15 is 0 Å². The van der Waals surface area contributed by atoms with Gasteiger partial charge in [0.25, 0.3) is 0 Å². The highest BCUT2D eigenvalue weighted by atomic mass is 35.5. The van der Waals surface area contributed by atoms with Gasteiger partial charge in [-0.25, -0.2) is 0 Å². The van der Waals surface area contributed by atoms with Gasteiger partial charge in [0, 0.05) is 26.1 Å². The zero-order valence-electron chi connectivity index (χ0n) is 12.3. The van der Waals surface area contributed by atoms with E-state index in [0.29, 0.717) is 19.6 Å². The second-order valence-electron chi connectivity index (χ2n) is 5.06. The summed E-state index contributed by atoms with van der Waals surface area (Å²) in [7, 11) is 0. The second-order valence-corrected chi connectivity index (χ2v) is 5.06. The van der Waals surface area contributed by atoms with E-state index in [1.165, 1.54) is 5.56 Å². The number of likely N-dealkylation sites (tertiary alicyclic amines) is 1. The lowest BCUT2D eigenvalue weighted by molar-refractivity contribution is -0.153. The van der Waals surface area contributed by atoms with Crippen LogP contribution < -0.4 is 0 Å². The third-order valence-electron chi connectivity index (χ3n) is 3.63. The first-order valence-electron chi connectivity index (χ1n) is 7.16. The van der Waals surface area contributed by atoms with E-state index in [1.807, 2.05) is 18.2 Å². The van der Waals surface area contributed by atoms with E-state index in [4.69, 9.17) is 4.74 Å². The molecule has 0 radical (unpaired) electrons. The average Bonchev–Trinajstić information content (AvgIpc) is 2.47. The Balaban J connectivity index is 0.00000220. The maximum Gasteiger partial charge on any atom is 0.317 e. The molecule has 0 aromatic heterocycles. The molecule has 1 aromatic rings. The van der Waals surface area contributed by atoms with Crippen LogP contribution in [0.4, 0.5) is 0 Å². The van der Waals surface area contributed by atoms with Crippen LogP contribution in [0, 0.1) is 5.92 Å². The summed E-state index contributed by atoms with van der Waals surface area (Å²) in [5.41, 5.74) is 1.28. The number of nitrogens with zero attached hydrogens (tertiary/aromatic N) is 1. The van der Waals surface area contributed by atoms with Gasteiger partial charge in [0.1, 0.15) is 11.7 Å². The van der Waals surface area contributed by atoms with Crippen LogP contribution in [-0.2, 0) is 20.7 Å². The first-order chi connectivity index (χ1) is 9.70. The van der Waals surface area contributed by atoms with Crippen molar-refractivity contribution in [3.63, 3.8) is 0 Å². The van der Waals surface area contributed by atoms with Crippen LogP contribution in [0.25, 0.3) is 0 Å². The molecule has 0 amide bonds. The molecule has 1 aromatic carbocycles. The fraction of sp³-hybridized carbons (Fsp3) is 0.500. The van der Waals surface area contributed by atoms with E-state index in [1.54, 1.807) is 6.92 Å².